The Kier molecular flexibility index (Phi) is 6.30. The molecule has 4 heteroatoms. The first kappa shape index (κ1) is 16.5. The molecule has 1 atom stereocenters. The van der Waals surface area contributed by atoms with E-state index >= 15 is 0 Å². The van der Waals surface area contributed by atoms with Gasteiger partial charge in [0, 0.05) is 29.1 Å². The van der Waals surface area contributed by atoms with Gasteiger partial charge in [0.05, 0.1) is 7.11 Å². The van der Waals surface area contributed by atoms with Gasteiger partial charge in [0.2, 0.25) is 0 Å². The Bertz CT molecular complexity index is 402. The molecular weight excluding hydrogens is 304 g/mol. The average Bonchev–Trinajstić information content (AvgIpc) is 2.34. The van der Waals surface area contributed by atoms with Crippen molar-refractivity contribution in [3.63, 3.8) is 0 Å². The van der Waals surface area contributed by atoms with Crippen molar-refractivity contribution in [3.05, 3.63) is 28.2 Å². The van der Waals surface area contributed by atoms with Crippen LogP contribution in [0.3, 0.4) is 0 Å². The largest absolute Gasteiger partial charge is 0.497 e. The number of nitrogens with one attached hydrogen (secondary N) is 2. The van der Waals surface area contributed by atoms with Gasteiger partial charge < -0.3 is 15.4 Å². The summed E-state index contributed by atoms with van der Waals surface area (Å²) < 4.78 is 6.36. The van der Waals surface area contributed by atoms with E-state index in [9.17, 15) is 0 Å². The van der Waals surface area contributed by atoms with Crippen molar-refractivity contribution in [1.29, 1.82) is 0 Å². The number of benzene rings is 1. The summed E-state index contributed by atoms with van der Waals surface area (Å²) in [4.78, 5) is 0. The van der Waals surface area contributed by atoms with E-state index in [2.05, 4.69) is 60.3 Å². The third-order valence-electron chi connectivity index (χ3n) is 2.83. The second kappa shape index (κ2) is 7.27. The zero-order chi connectivity index (χ0) is 14.5. The highest BCUT2D eigenvalue weighted by Gasteiger charge is 2.11. The highest BCUT2D eigenvalue weighted by atomic mass is 79.9. The molecule has 1 aromatic rings. The van der Waals surface area contributed by atoms with Crippen LogP contribution in [0.15, 0.2) is 22.7 Å². The van der Waals surface area contributed by atoms with Crippen molar-refractivity contribution in [2.75, 3.05) is 13.7 Å². The lowest BCUT2D eigenvalue weighted by atomic mass is 10.1. The zero-order valence-corrected chi connectivity index (χ0v) is 14.1. The summed E-state index contributed by atoms with van der Waals surface area (Å²) in [6, 6.07) is 6.45. The minimum Gasteiger partial charge on any atom is -0.497 e. The number of hydrogen-bond acceptors (Lipinski definition) is 3. The highest BCUT2D eigenvalue weighted by Crippen LogP contribution is 2.22. The normalized spacial score (nSPS) is 13.4. The Balaban J connectivity index is 2.47. The minimum absolute atomic E-state index is 0.159. The molecule has 0 aromatic heterocycles. The first-order valence-electron chi connectivity index (χ1n) is 6.62. The second-order valence-corrected chi connectivity index (χ2v) is 6.72. The summed E-state index contributed by atoms with van der Waals surface area (Å²) in [5, 5.41) is 7.01. The molecule has 1 aromatic carbocycles. The summed E-state index contributed by atoms with van der Waals surface area (Å²) in [7, 11) is 1.69. The Labute approximate surface area is 125 Å². The topological polar surface area (TPSA) is 33.3 Å². The molecule has 2 N–H and O–H groups in total. The number of halogens is 1. The first-order valence-corrected chi connectivity index (χ1v) is 7.42. The van der Waals surface area contributed by atoms with Gasteiger partial charge in [-0.3, -0.25) is 0 Å². The van der Waals surface area contributed by atoms with Gasteiger partial charge in [-0.15, -0.1) is 0 Å². The summed E-state index contributed by atoms with van der Waals surface area (Å²) in [5.74, 6) is 0.889. The molecule has 0 aliphatic carbocycles. The predicted octanol–water partition coefficient (Wildman–Crippen LogP) is 3.32. The first-order chi connectivity index (χ1) is 8.81. The van der Waals surface area contributed by atoms with Crippen molar-refractivity contribution < 1.29 is 4.74 Å². The number of ether oxygens (including phenoxy) is 1. The summed E-state index contributed by atoms with van der Waals surface area (Å²) in [5.41, 5.74) is 1.37. The Hall–Kier alpha value is -0.580. The fourth-order valence-electron chi connectivity index (χ4n) is 1.63. The number of rotatable bonds is 6. The lowest BCUT2D eigenvalue weighted by molar-refractivity contribution is 0.386. The maximum atomic E-state index is 5.25. The molecule has 0 radical (unpaired) electrons. The van der Waals surface area contributed by atoms with Crippen LogP contribution in [0.5, 0.6) is 5.75 Å². The van der Waals surface area contributed by atoms with E-state index in [0.717, 1.165) is 23.3 Å². The Morgan fingerprint density at radius 3 is 2.58 bits per heavy atom. The van der Waals surface area contributed by atoms with Crippen LogP contribution in [-0.2, 0) is 6.54 Å². The van der Waals surface area contributed by atoms with Gasteiger partial charge in [-0.25, -0.2) is 0 Å². The second-order valence-electron chi connectivity index (χ2n) is 5.87. The van der Waals surface area contributed by atoms with Crippen LogP contribution < -0.4 is 15.4 Å². The molecule has 0 fully saturated rings. The summed E-state index contributed by atoms with van der Waals surface area (Å²) in [6.45, 7) is 10.5. The van der Waals surface area contributed by atoms with Crippen LogP contribution in [0.25, 0.3) is 0 Å². The monoisotopic (exact) mass is 328 g/mol. The van der Waals surface area contributed by atoms with Gasteiger partial charge in [-0.2, -0.15) is 0 Å². The summed E-state index contributed by atoms with van der Waals surface area (Å²) in [6.07, 6.45) is 0. The van der Waals surface area contributed by atoms with E-state index in [-0.39, 0.29) is 5.54 Å². The van der Waals surface area contributed by atoms with Crippen molar-refractivity contribution in [3.8, 4) is 5.75 Å². The van der Waals surface area contributed by atoms with Crippen LogP contribution in [0, 0.1) is 0 Å². The molecule has 0 saturated carbocycles. The molecule has 0 aliphatic rings. The average molecular weight is 329 g/mol. The molecule has 1 rings (SSSR count). The van der Waals surface area contributed by atoms with E-state index in [0.29, 0.717) is 6.04 Å². The molecule has 0 aliphatic heterocycles. The molecule has 0 bridgehead atoms. The fourth-order valence-corrected chi connectivity index (χ4v) is 2.02. The Morgan fingerprint density at radius 2 is 2.00 bits per heavy atom. The molecule has 0 saturated heterocycles. The van der Waals surface area contributed by atoms with Gasteiger partial charge >= 0.3 is 0 Å². The van der Waals surface area contributed by atoms with Crippen molar-refractivity contribution in [1.82, 2.24) is 10.6 Å². The lowest BCUT2D eigenvalue weighted by Crippen LogP contribution is -2.44. The molecule has 0 spiro atoms. The van der Waals surface area contributed by atoms with Gasteiger partial charge in [0.25, 0.3) is 0 Å². The maximum absolute atomic E-state index is 5.25. The third-order valence-corrected chi connectivity index (χ3v) is 3.61. The molecular formula is C15H25BrN2O. The van der Waals surface area contributed by atoms with E-state index in [1.165, 1.54) is 5.56 Å². The molecule has 0 amide bonds. The third kappa shape index (κ3) is 6.41. The SMILES string of the molecule is COc1ccc(Br)c(CNC(C)CNC(C)(C)C)c1. The van der Waals surface area contributed by atoms with Crippen molar-refractivity contribution in [2.45, 2.75) is 45.8 Å². The van der Waals surface area contributed by atoms with E-state index < -0.39 is 0 Å². The smallest absolute Gasteiger partial charge is 0.119 e. The Morgan fingerprint density at radius 1 is 1.32 bits per heavy atom. The molecule has 19 heavy (non-hydrogen) atoms. The van der Waals surface area contributed by atoms with Gasteiger partial charge in [-0.05, 0) is 51.5 Å². The van der Waals surface area contributed by atoms with Crippen molar-refractivity contribution in [2.24, 2.45) is 0 Å². The van der Waals surface area contributed by atoms with Crippen molar-refractivity contribution >= 4 is 15.9 Å². The van der Waals surface area contributed by atoms with Crippen LogP contribution in [-0.4, -0.2) is 25.2 Å². The van der Waals surface area contributed by atoms with Gasteiger partial charge in [0.15, 0.2) is 0 Å². The maximum Gasteiger partial charge on any atom is 0.119 e. The fraction of sp³-hybridized carbons (Fsp3) is 0.600. The van der Waals surface area contributed by atoms with E-state index in [1.54, 1.807) is 7.11 Å². The van der Waals surface area contributed by atoms with Gasteiger partial charge in [0.1, 0.15) is 5.75 Å². The molecule has 108 valence electrons. The van der Waals surface area contributed by atoms with E-state index in [1.807, 2.05) is 12.1 Å². The van der Waals surface area contributed by atoms with E-state index in [4.69, 9.17) is 4.74 Å². The van der Waals surface area contributed by atoms with Gasteiger partial charge in [-0.1, -0.05) is 15.9 Å². The standard InChI is InChI=1S/C15H25BrN2O/c1-11(9-18-15(2,3)4)17-10-12-8-13(19-5)6-7-14(12)16/h6-8,11,17-18H,9-10H2,1-5H3. The molecule has 1 unspecified atom stereocenters. The number of hydrogen-bond donors (Lipinski definition) is 2. The minimum atomic E-state index is 0.159. The quantitative estimate of drug-likeness (QED) is 0.840. The predicted molar refractivity (Wildman–Crippen MR) is 84.8 cm³/mol. The highest BCUT2D eigenvalue weighted by molar-refractivity contribution is 9.10. The van der Waals surface area contributed by atoms with Crippen LogP contribution in [0.4, 0.5) is 0 Å². The zero-order valence-electron chi connectivity index (χ0n) is 12.5. The number of methoxy groups -OCH3 is 1. The van der Waals surface area contributed by atoms with Crippen LogP contribution in [0.2, 0.25) is 0 Å². The van der Waals surface area contributed by atoms with Crippen LogP contribution >= 0.6 is 15.9 Å². The van der Waals surface area contributed by atoms with Crippen LogP contribution in [0.1, 0.15) is 33.3 Å². The molecule has 0 heterocycles. The summed E-state index contributed by atoms with van der Waals surface area (Å²) >= 11 is 3.57. The molecule has 3 nitrogen and oxygen atoms in total. The lowest BCUT2D eigenvalue weighted by Gasteiger charge is -2.24.